The number of hydrogen-bond acceptors (Lipinski definition) is 3. The Labute approximate surface area is 153 Å². The molecular weight excluding hydrogens is 324 g/mol. The van der Waals surface area contributed by atoms with Crippen LogP contribution < -0.4 is 0 Å². The SMILES string of the molecule is Cc1ccc(-n2cc(C(=O)N3CCCC3Cc3ccccc3)nn2)cc1. The predicted molar refractivity (Wildman–Crippen MR) is 100 cm³/mol. The Balaban J connectivity index is 1.51. The van der Waals surface area contributed by atoms with Crippen LogP contribution in [0.25, 0.3) is 5.69 Å². The molecule has 4 rings (SSSR count). The Morgan fingerprint density at radius 2 is 1.88 bits per heavy atom. The summed E-state index contributed by atoms with van der Waals surface area (Å²) in [5.74, 6) is -0.0261. The Morgan fingerprint density at radius 1 is 1.12 bits per heavy atom. The first kappa shape index (κ1) is 16.5. The van der Waals surface area contributed by atoms with Crippen molar-refractivity contribution >= 4 is 5.91 Å². The standard InChI is InChI=1S/C21H22N4O/c1-16-9-11-18(12-10-16)25-15-20(22-23-25)21(26)24-13-5-8-19(24)14-17-6-3-2-4-7-17/h2-4,6-7,9-12,15,19H,5,8,13-14H2,1H3. The van der Waals surface area contributed by atoms with Gasteiger partial charge in [0.2, 0.25) is 0 Å². The van der Waals surface area contributed by atoms with Crippen LogP contribution >= 0.6 is 0 Å². The second-order valence-corrected chi connectivity index (χ2v) is 6.87. The van der Waals surface area contributed by atoms with Crippen molar-refractivity contribution in [2.45, 2.75) is 32.2 Å². The molecule has 1 aliphatic rings. The second kappa shape index (κ2) is 7.12. The smallest absolute Gasteiger partial charge is 0.276 e. The van der Waals surface area contributed by atoms with Gasteiger partial charge in [0.15, 0.2) is 5.69 Å². The summed E-state index contributed by atoms with van der Waals surface area (Å²) in [4.78, 5) is 14.9. The number of carbonyl (C=O) groups excluding carboxylic acids is 1. The number of likely N-dealkylation sites (tertiary alicyclic amines) is 1. The zero-order valence-electron chi connectivity index (χ0n) is 14.9. The molecular formula is C21H22N4O. The van der Waals surface area contributed by atoms with Crippen molar-refractivity contribution < 1.29 is 4.79 Å². The van der Waals surface area contributed by atoms with Gasteiger partial charge in [-0.1, -0.05) is 53.2 Å². The lowest BCUT2D eigenvalue weighted by Crippen LogP contribution is -2.37. The molecule has 0 saturated carbocycles. The Bertz CT molecular complexity index is 886. The number of aromatic nitrogens is 3. The lowest BCUT2D eigenvalue weighted by atomic mass is 10.0. The summed E-state index contributed by atoms with van der Waals surface area (Å²) >= 11 is 0. The molecule has 3 aromatic rings. The molecule has 132 valence electrons. The first-order valence-electron chi connectivity index (χ1n) is 9.05. The van der Waals surface area contributed by atoms with Gasteiger partial charge < -0.3 is 4.90 Å². The number of amides is 1. The van der Waals surface area contributed by atoms with Gasteiger partial charge in [0.1, 0.15) is 0 Å². The molecule has 1 saturated heterocycles. The molecule has 0 spiro atoms. The Kier molecular flexibility index (Phi) is 4.52. The van der Waals surface area contributed by atoms with Crippen LogP contribution in [0.15, 0.2) is 60.8 Å². The first-order valence-corrected chi connectivity index (χ1v) is 9.05. The molecule has 1 aromatic heterocycles. The molecule has 1 amide bonds. The fraction of sp³-hybridized carbons (Fsp3) is 0.286. The molecule has 1 aliphatic heterocycles. The zero-order chi connectivity index (χ0) is 17.9. The molecule has 0 radical (unpaired) electrons. The molecule has 0 aliphatic carbocycles. The summed E-state index contributed by atoms with van der Waals surface area (Å²) in [6, 6.07) is 18.6. The number of rotatable bonds is 4. The van der Waals surface area contributed by atoms with Gasteiger partial charge in [-0.15, -0.1) is 5.10 Å². The van der Waals surface area contributed by atoms with E-state index in [1.165, 1.54) is 11.1 Å². The van der Waals surface area contributed by atoms with Crippen molar-refractivity contribution in [3.63, 3.8) is 0 Å². The molecule has 5 heteroatoms. The number of aryl methyl sites for hydroxylation is 1. The van der Waals surface area contributed by atoms with Gasteiger partial charge in [-0.25, -0.2) is 4.68 Å². The highest BCUT2D eigenvalue weighted by Gasteiger charge is 2.30. The highest BCUT2D eigenvalue weighted by atomic mass is 16.2. The van der Waals surface area contributed by atoms with Crippen LogP contribution in [-0.4, -0.2) is 38.4 Å². The van der Waals surface area contributed by atoms with Crippen molar-refractivity contribution in [3.05, 3.63) is 77.6 Å². The molecule has 0 bridgehead atoms. The van der Waals surface area contributed by atoms with Crippen LogP contribution in [0.5, 0.6) is 0 Å². The topological polar surface area (TPSA) is 51.0 Å². The van der Waals surface area contributed by atoms with E-state index in [1.54, 1.807) is 10.9 Å². The quantitative estimate of drug-likeness (QED) is 0.727. The van der Waals surface area contributed by atoms with Gasteiger partial charge in [-0.2, -0.15) is 0 Å². The molecule has 26 heavy (non-hydrogen) atoms. The first-order chi connectivity index (χ1) is 12.7. The largest absolute Gasteiger partial charge is 0.334 e. The number of carbonyl (C=O) groups is 1. The lowest BCUT2D eigenvalue weighted by Gasteiger charge is -2.23. The average Bonchev–Trinajstić information content (AvgIpc) is 3.32. The highest BCUT2D eigenvalue weighted by molar-refractivity contribution is 5.92. The summed E-state index contributed by atoms with van der Waals surface area (Å²) < 4.78 is 1.66. The van der Waals surface area contributed by atoms with Crippen molar-refractivity contribution in [2.24, 2.45) is 0 Å². The van der Waals surface area contributed by atoms with Gasteiger partial charge >= 0.3 is 0 Å². The lowest BCUT2D eigenvalue weighted by molar-refractivity contribution is 0.0730. The van der Waals surface area contributed by atoms with Crippen LogP contribution in [0.1, 0.15) is 34.5 Å². The molecule has 1 atom stereocenters. The van der Waals surface area contributed by atoms with Crippen molar-refractivity contribution in [1.29, 1.82) is 0 Å². The van der Waals surface area contributed by atoms with E-state index in [-0.39, 0.29) is 11.9 Å². The summed E-state index contributed by atoms with van der Waals surface area (Å²) in [5.41, 5.74) is 3.77. The molecule has 2 aromatic carbocycles. The van der Waals surface area contributed by atoms with Crippen LogP contribution in [0, 0.1) is 6.92 Å². The summed E-state index contributed by atoms with van der Waals surface area (Å²) in [5, 5.41) is 8.26. The number of nitrogens with zero attached hydrogens (tertiary/aromatic N) is 4. The molecule has 0 N–H and O–H groups in total. The normalized spacial score (nSPS) is 16.8. The van der Waals surface area contributed by atoms with E-state index < -0.39 is 0 Å². The third-order valence-corrected chi connectivity index (χ3v) is 4.96. The van der Waals surface area contributed by atoms with Crippen LogP contribution in [-0.2, 0) is 6.42 Å². The average molecular weight is 346 g/mol. The van der Waals surface area contributed by atoms with Crippen LogP contribution in [0.4, 0.5) is 0 Å². The van der Waals surface area contributed by atoms with Crippen LogP contribution in [0.2, 0.25) is 0 Å². The Morgan fingerprint density at radius 3 is 2.65 bits per heavy atom. The maximum Gasteiger partial charge on any atom is 0.276 e. The number of hydrogen-bond donors (Lipinski definition) is 0. The van der Waals surface area contributed by atoms with Gasteiger partial charge in [0, 0.05) is 12.6 Å². The minimum Gasteiger partial charge on any atom is -0.334 e. The number of benzene rings is 2. The highest BCUT2D eigenvalue weighted by Crippen LogP contribution is 2.23. The third-order valence-electron chi connectivity index (χ3n) is 4.96. The van der Waals surface area contributed by atoms with Crippen LogP contribution in [0.3, 0.4) is 0 Å². The maximum absolute atomic E-state index is 13.0. The summed E-state index contributed by atoms with van der Waals surface area (Å²) in [6.45, 7) is 2.83. The second-order valence-electron chi connectivity index (χ2n) is 6.87. The van der Waals surface area contributed by atoms with Gasteiger partial charge in [-0.3, -0.25) is 4.79 Å². The van der Waals surface area contributed by atoms with E-state index in [2.05, 4.69) is 22.4 Å². The van der Waals surface area contributed by atoms with Gasteiger partial charge in [0.05, 0.1) is 11.9 Å². The molecule has 1 fully saturated rings. The zero-order valence-corrected chi connectivity index (χ0v) is 14.9. The van der Waals surface area contributed by atoms with Crippen molar-refractivity contribution in [2.75, 3.05) is 6.54 Å². The van der Waals surface area contributed by atoms with Gasteiger partial charge in [0.25, 0.3) is 5.91 Å². The van der Waals surface area contributed by atoms with E-state index in [1.807, 2.05) is 54.3 Å². The van der Waals surface area contributed by atoms with E-state index in [9.17, 15) is 4.79 Å². The predicted octanol–water partition coefficient (Wildman–Crippen LogP) is 3.42. The monoisotopic (exact) mass is 346 g/mol. The van der Waals surface area contributed by atoms with E-state index in [0.29, 0.717) is 5.69 Å². The summed E-state index contributed by atoms with van der Waals surface area (Å²) in [7, 11) is 0. The van der Waals surface area contributed by atoms with Gasteiger partial charge in [-0.05, 0) is 43.9 Å². The van der Waals surface area contributed by atoms with E-state index >= 15 is 0 Å². The maximum atomic E-state index is 13.0. The minimum absolute atomic E-state index is 0.0261. The van der Waals surface area contributed by atoms with Crippen molar-refractivity contribution in [3.8, 4) is 5.69 Å². The molecule has 5 nitrogen and oxygen atoms in total. The van der Waals surface area contributed by atoms with E-state index in [0.717, 1.165) is 31.5 Å². The molecule has 2 heterocycles. The van der Waals surface area contributed by atoms with Crippen molar-refractivity contribution in [1.82, 2.24) is 19.9 Å². The van der Waals surface area contributed by atoms with E-state index in [4.69, 9.17) is 0 Å². The molecule has 1 unspecified atom stereocenters. The summed E-state index contributed by atoms with van der Waals surface area (Å²) in [6.07, 6.45) is 4.69. The minimum atomic E-state index is -0.0261. The fourth-order valence-corrected chi connectivity index (χ4v) is 3.53. The Hall–Kier alpha value is -2.95. The fourth-order valence-electron chi connectivity index (χ4n) is 3.53. The third kappa shape index (κ3) is 3.38.